The summed E-state index contributed by atoms with van der Waals surface area (Å²) < 4.78 is 6.19. The van der Waals surface area contributed by atoms with Crippen LogP contribution < -0.4 is 4.74 Å². The van der Waals surface area contributed by atoms with Crippen molar-refractivity contribution < 1.29 is 9.84 Å². The van der Waals surface area contributed by atoms with Gasteiger partial charge in [0.05, 0.1) is 0 Å². The zero-order valence-corrected chi connectivity index (χ0v) is 11.4. The highest BCUT2D eigenvalue weighted by atomic mass is 16.5. The Morgan fingerprint density at radius 2 is 1.83 bits per heavy atom. The van der Waals surface area contributed by atoms with E-state index in [1.165, 1.54) is 19.3 Å². The minimum atomic E-state index is 0.287. The molecule has 2 heteroatoms. The molecule has 1 aromatic carbocycles. The molecule has 3 atom stereocenters. The molecule has 1 aromatic rings. The van der Waals surface area contributed by atoms with E-state index < -0.39 is 0 Å². The molecule has 0 radical (unpaired) electrons. The van der Waals surface area contributed by atoms with Crippen molar-refractivity contribution in [2.45, 2.75) is 46.1 Å². The van der Waals surface area contributed by atoms with E-state index in [9.17, 15) is 5.11 Å². The van der Waals surface area contributed by atoms with Crippen molar-refractivity contribution >= 4 is 0 Å². The van der Waals surface area contributed by atoms with Gasteiger partial charge in [-0.2, -0.15) is 0 Å². The van der Waals surface area contributed by atoms with Gasteiger partial charge in [-0.15, -0.1) is 0 Å². The lowest BCUT2D eigenvalue weighted by atomic mass is 9.70. The molecule has 1 N–H and O–H groups in total. The maximum absolute atomic E-state index is 9.30. The Morgan fingerprint density at radius 1 is 1.17 bits per heavy atom. The summed E-state index contributed by atoms with van der Waals surface area (Å²) in [5.74, 6) is 1.97. The first-order chi connectivity index (χ1) is 8.43. The van der Waals surface area contributed by atoms with Crippen LogP contribution in [0.1, 0.15) is 40.0 Å². The second kappa shape index (κ2) is 3.66. The standard InChI is InChI=1S/C16H22O2/c1-15(2)11-8-9-16(15,3)14(10-11)18-13-6-4-12(17)5-7-13/h4-7,11,14,17H,8-10H2,1-3H3/t11-,14+,16-/m1/s1. The molecule has 2 nitrogen and oxygen atoms in total. The summed E-state index contributed by atoms with van der Waals surface area (Å²) in [6.07, 6.45) is 4.10. The van der Waals surface area contributed by atoms with Crippen molar-refractivity contribution in [3.05, 3.63) is 24.3 Å². The zero-order valence-electron chi connectivity index (χ0n) is 11.4. The van der Waals surface area contributed by atoms with Crippen molar-refractivity contribution in [1.29, 1.82) is 0 Å². The molecule has 0 heterocycles. The molecule has 98 valence electrons. The molecule has 2 saturated carbocycles. The Hall–Kier alpha value is -1.18. The molecule has 0 saturated heterocycles. The molecular formula is C16H22O2. The van der Waals surface area contributed by atoms with E-state index in [1.54, 1.807) is 12.1 Å². The predicted octanol–water partition coefficient (Wildman–Crippen LogP) is 3.99. The third-order valence-electron chi connectivity index (χ3n) is 5.83. The zero-order chi connectivity index (χ0) is 13.0. The van der Waals surface area contributed by atoms with Crippen LogP contribution in [0.2, 0.25) is 0 Å². The number of fused-ring (bicyclic) bond motifs is 2. The first-order valence-electron chi connectivity index (χ1n) is 6.89. The molecule has 0 unspecified atom stereocenters. The van der Waals surface area contributed by atoms with E-state index in [2.05, 4.69) is 20.8 Å². The number of aromatic hydroxyl groups is 1. The normalized spacial score (nSPS) is 36.8. The van der Waals surface area contributed by atoms with Crippen LogP contribution >= 0.6 is 0 Å². The third-order valence-corrected chi connectivity index (χ3v) is 5.83. The molecule has 2 aliphatic carbocycles. The number of hydrogen-bond donors (Lipinski definition) is 1. The number of benzene rings is 1. The molecule has 3 rings (SSSR count). The van der Waals surface area contributed by atoms with Crippen LogP contribution in [0.25, 0.3) is 0 Å². The van der Waals surface area contributed by atoms with E-state index in [-0.39, 0.29) is 5.41 Å². The van der Waals surface area contributed by atoms with Crippen LogP contribution in [-0.2, 0) is 0 Å². The van der Waals surface area contributed by atoms with E-state index in [0.717, 1.165) is 11.7 Å². The lowest BCUT2D eigenvalue weighted by Gasteiger charge is -2.38. The van der Waals surface area contributed by atoms with Gasteiger partial charge in [0, 0.05) is 5.41 Å². The fraction of sp³-hybridized carbons (Fsp3) is 0.625. The average molecular weight is 246 g/mol. The highest BCUT2D eigenvalue weighted by Gasteiger charge is 2.62. The van der Waals surface area contributed by atoms with Gasteiger partial charge in [0.15, 0.2) is 0 Å². The molecule has 0 spiro atoms. The van der Waals surface area contributed by atoms with E-state index in [1.807, 2.05) is 12.1 Å². The van der Waals surface area contributed by atoms with Crippen LogP contribution in [0.15, 0.2) is 24.3 Å². The summed E-state index contributed by atoms with van der Waals surface area (Å²) in [6, 6.07) is 7.10. The fourth-order valence-electron chi connectivity index (χ4n) is 4.00. The van der Waals surface area contributed by atoms with Crippen LogP contribution in [0.3, 0.4) is 0 Å². The number of ether oxygens (including phenoxy) is 1. The van der Waals surface area contributed by atoms with Crippen LogP contribution in [-0.4, -0.2) is 11.2 Å². The smallest absolute Gasteiger partial charge is 0.120 e. The van der Waals surface area contributed by atoms with Crippen LogP contribution in [0.4, 0.5) is 0 Å². The molecular weight excluding hydrogens is 224 g/mol. The largest absolute Gasteiger partial charge is 0.508 e. The Bertz CT molecular complexity index is 449. The summed E-state index contributed by atoms with van der Waals surface area (Å²) in [6.45, 7) is 7.17. The quantitative estimate of drug-likeness (QED) is 0.855. The second-order valence-corrected chi connectivity index (χ2v) is 6.71. The van der Waals surface area contributed by atoms with E-state index in [4.69, 9.17) is 4.74 Å². The molecule has 0 aliphatic heterocycles. The lowest BCUT2D eigenvalue weighted by molar-refractivity contribution is 0.0301. The topological polar surface area (TPSA) is 29.5 Å². The van der Waals surface area contributed by atoms with Gasteiger partial charge in [-0.05, 0) is 54.9 Å². The minimum Gasteiger partial charge on any atom is -0.508 e. The van der Waals surface area contributed by atoms with Gasteiger partial charge >= 0.3 is 0 Å². The average Bonchev–Trinajstić information content (AvgIpc) is 2.65. The van der Waals surface area contributed by atoms with E-state index >= 15 is 0 Å². The highest BCUT2D eigenvalue weighted by Crippen LogP contribution is 2.66. The van der Waals surface area contributed by atoms with E-state index in [0.29, 0.717) is 17.3 Å². The van der Waals surface area contributed by atoms with Crippen molar-refractivity contribution in [3.63, 3.8) is 0 Å². The van der Waals surface area contributed by atoms with Gasteiger partial charge in [-0.1, -0.05) is 20.8 Å². The summed E-state index contributed by atoms with van der Waals surface area (Å²) in [5.41, 5.74) is 0.671. The molecule has 0 amide bonds. The van der Waals surface area contributed by atoms with Gasteiger partial charge in [-0.3, -0.25) is 0 Å². The van der Waals surface area contributed by atoms with Gasteiger partial charge in [0.2, 0.25) is 0 Å². The Kier molecular flexibility index (Phi) is 2.42. The van der Waals surface area contributed by atoms with Crippen molar-refractivity contribution in [2.75, 3.05) is 0 Å². The monoisotopic (exact) mass is 246 g/mol. The lowest BCUT2D eigenvalue weighted by Crippen LogP contribution is -2.38. The Balaban J connectivity index is 1.81. The molecule has 2 bridgehead atoms. The summed E-state index contributed by atoms with van der Waals surface area (Å²) in [5, 5.41) is 9.30. The highest BCUT2D eigenvalue weighted by molar-refractivity contribution is 5.30. The van der Waals surface area contributed by atoms with Gasteiger partial charge in [0.25, 0.3) is 0 Å². The molecule has 18 heavy (non-hydrogen) atoms. The van der Waals surface area contributed by atoms with Crippen LogP contribution in [0, 0.1) is 16.7 Å². The molecule has 0 aromatic heterocycles. The van der Waals surface area contributed by atoms with Crippen LogP contribution in [0.5, 0.6) is 11.5 Å². The maximum Gasteiger partial charge on any atom is 0.120 e. The van der Waals surface area contributed by atoms with Gasteiger partial charge in [0.1, 0.15) is 17.6 Å². The number of rotatable bonds is 2. The second-order valence-electron chi connectivity index (χ2n) is 6.71. The SMILES string of the molecule is CC1(C)[C@@H]2CC[C@]1(C)[C@@H](Oc1ccc(O)cc1)C2. The summed E-state index contributed by atoms with van der Waals surface area (Å²) >= 11 is 0. The van der Waals surface area contributed by atoms with Gasteiger partial charge in [-0.25, -0.2) is 0 Å². The van der Waals surface area contributed by atoms with Crippen molar-refractivity contribution in [1.82, 2.24) is 0 Å². The predicted molar refractivity (Wildman–Crippen MR) is 71.8 cm³/mol. The fourth-order valence-corrected chi connectivity index (χ4v) is 4.00. The molecule has 2 fully saturated rings. The third kappa shape index (κ3) is 1.47. The van der Waals surface area contributed by atoms with Crippen molar-refractivity contribution in [3.8, 4) is 11.5 Å². The maximum atomic E-state index is 9.30. The Labute approximate surface area is 109 Å². The minimum absolute atomic E-state index is 0.287. The Morgan fingerprint density at radius 3 is 2.33 bits per heavy atom. The first kappa shape index (κ1) is 11.9. The number of hydrogen-bond acceptors (Lipinski definition) is 2. The summed E-state index contributed by atoms with van der Waals surface area (Å²) in [4.78, 5) is 0. The van der Waals surface area contributed by atoms with Crippen molar-refractivity contribution in [2.24, 2.45) is 16.7 Å². The molecule has 2 aliphatic rings. The number of phenolic OH excluding ortho intramolecular Hbond substituents is 1. The van der Waals surface area contributed by atoms with Gasteiger partial charge < -0.3 is 9.84 Å². The number of phenols is 1. The first-order valence-corrected chi connectivity index (χ1v) is 6.89. The summed E-state index contributed by atoms with van der Waals surface area (Å²) in [7, 11) is 0.